The number of carbonyl (C=O) groups excluding carboxylic acids is 1. The van der Waals surface area contributed by atoms with Crippen LogP contribution in [0.15, 0.2) is 48.5 Å². The Balaban J connectivity index is 2.23. The molecule has 3 nitrogen and oxygen atoms in total. The van der Waals surface area contributed by atoms with Crippen molar-refractivity contribution in [1.29, 1.82) is 0 Å². The number of nitrogens with one attached hydrogen (secondary N) is 1. The number of hydrogen-bond donors (Lipinski definition) is 2. The molecule has 0 radical (unpaired) electrons. The van der Waals surface area contributed by atoms with Gasteiger partial charge in [0.25, 0.3) is 0 Å². The van der Waals surface area contributed by atoms with E-state index in [1.54, 1.807) is 24.3 Å². The molecule has 0 bridgehead atoms. The van der Waals surface area contributed by atoms with E-state index in [0.717, 1.165) is 5.56 Å². The molecule has 4 heteroatoms. The van der Waals surface area contributed by atoms with Crippen LogP contribution < -0.4 is 11.1 Å². The third kappa shape index (κ3) is 2.94. The number of para-hydroxylation sites is 1. The number of hydrogen-bond acceptors (Lipinski definition) is 2. The van der Waals surface area contributed by atoms with Crippen LogP contribution in [0.25, 0.3) is 0 Å². The lowest BCUT2D eigenvalue weighted by molar-refractivity contribution is -0.120. The Bertz CT molecular complexity index is 621. The van der Waals surface area contributed by atoms with Gasteiger partial charge in [0, 0.05) is 5.69 Å². The molecule has 0 saturated carbocycles. The zero-order chi connectivity index (χ0) is 14.8. The first-order valence-corrected chi connectivity index (χ1v) is 6.71. The molecule has 0 atom stereocenters. The summed E-state index contributed by atoms with van der Waals surface area (Å²) in [6, 6.07) is 14.5. The van der Waals surface area contributed by atoms with Gasteiger partial charge in [-0.2, -0.15) is 0 Å². The monoisotopic (exact) mass is 288 g/mol. The Morgan fingerprint density at radius 2 is 1.70 bits per heavy atom. The summed E-state index contributed by atoms with van der Waals surface area (Å²) in [6.07, 6.45) is 0. The first-order chi connectivity index (χ1) is 9.41. The van der Waals surface area contributed by atoms with Gasteiger partial charge in [-0.15, -0.1) is 0 Å². The van der Waals surface area contributed by atoms with Crippen LogP contribution in [0.5, 0.6) is 0 Å². The van der Waals surface area contributed by atoms with Gasteiger partial charge in [0.1, 0.15) is 0 Å². The Kier molecular flexibility index (Phi) is 4.00. The second kappa shape index (κ2) is 5.55. The summed E-state index contributed by atoms with van der Waals surface area (Å²) < 4.78 is 0. The molecule has 2 aromatic rings. The third-order valence-corrected chi connectivity index (χ3v) is 3.65. The van der Waals surface area contributed by atoms with Crippen LogP contribution >= 0.6 is 11.6 Å². The van der Waals surface area contributed by atoms with E-state index in [1.165, 1.54) is 0 Å². The summed E-state index contributed by atoms with van der Waals surface area (Å²) in [4.78, 5) is 12.5. The third-order valence-electron chi connectivity index (χ3n) is 3.32. The summed E-state index contributed by atoms with van der Waals surface area (Å²) in [5.74, 6) is -0.115. The average Bonchev–Trinajstić information content (AvgIpc) is 2.41. The van der Waals surface area contributed by atoms with Crippen LogP contribution in [-0.4, -0.2) is 5.91 Å². The number of nitrogens with two attached hydrogens (primary N) is 1. The van der Waals surface area contributed by atoms with Gasteiger partial charge in [-0.1, -0.05) is 35.9 Å². The van der Waals surface area contributed by atoms with Gasteiger partial charge in [-0.25, -0.2) is 0 Å². The summed E-state index contributed by atoms with van der Waals surface area (Å²) >= 11 is 6.05. The molecule has 0 fully saturated rings. The van der Waals surface area contributed by atoms with Gasteiger partial charge in [-0.3, -0.25) is 4.79 Å². The van der Waals surface area contributed by atoms with Gasteiger partial charge < -0.3 is 11.1 Å². The fourth-order valence-corrected chi connectivity index (χ4v) is 2.06. The smallest absolute Gasteiger partial charge is 0.234 e. The largest absolute Gasteiger partial charge is 0.399 e. The highest BCUT2D eigenvalue weighted by Gasteiger charge is 2.30. The van der Waals surface area contributed by atoms with E-state index in [-0.39, 0.29) is 5.91 Å². The number of anilines is 2. The van der Waals surface area contributed by atoms with Crippen LogP contribution in [0.1, 0.15) is 19.4 Å². The van der Waals surface area contributed by atoms with Crippen molar-refractivity contribution < 1.29 is 4.79 Å². The molecule has 20 heavy (non-hydrogen) atoms. The molecular weight excluding hydrogens is 272 g/mol. The highest BCUT2D eigenvalue weighted by atomic mass is 35.5. The highest BCUT2D eigenvalue weighted by Crippen LogP contribution is 2.28. The number of amides is 1. The SMILES string of the molecule is CC(C)(C(=O)Nc1ccccc1Cl)c1ccc(N)cc1. The van der Waals surface area contributed by atoms with Crippen LogP contribution in [-0.2, 0) is 10.2 Å². The first-order valence-electron chi connectivity index (χ1n) is 6.33. The van der Waals surface area contributed by atoms with Gasteiger partial charge in [0.05, 0.1) is 16.1 Å². The number of carbonyl (C=O) groups is 1. The van der Waals surface area contributed by atoms with Crippen molar-refractivity contribution in [3.05, 3.63) is 59.1 Å². The molecule has 0 spiro atoms. The van der Waals surface area contributed by atoms with E-state index in [2.05, 4.69) is 5.32 Å². The van der Waals surface area contributed by atoms with Gasteiger partial charge in [0.15, 0.2) is 0 Å². The van der Waals surface area contributed by atoms with Crippen molar-refractivity contribution >= 4 is 28.9 Å². The molecule has 0 aliphatic carbocycles. The van der Waals surface area contributed by atoms with E-state index in [0.29, 0.717) is 16.4 Å². The molecule has 2 rings (SSSR count). The van der Waals surface area contributed by atoms with E-state index >= 15 is 0 Å². The second-order valence-electron chi connectivity index (χ2n) is 5.18. The molecule has 0 aromatic heterocycles. The van der Waals surface area contributed by atoms with Crippen molar-refractivity contribution in [1.82, 2.24) is 0 Å². The minimum Gasteiger partial charge on any atom is -0.399 e. The summed E-state index contributed by atoms with van der Waals surface area (Å²) in [5, 5.41) is 3.38. The summed E-state index contributed by atoms with van der Waals surface area (Å²) in [6.45, 7) is 3.73. The fraction of sp³-hybridized carbons (Fsp3) is 0.188. The van der Waals surface area contributed by atoms with Gasteiger partial charge in [0.2, 0.25) is 5.91 Å². The predicted octanol–water partition coefficient (Wildman–Crippen LogP) is 3.84. The van der Waals surface area contributed by atoms with Crippen molar-refractivity contribution in [2.24, 2.45) is 0 Å². The molecule has 0 heterocycles. The molecule has 0 saturated heterocycles. The van der Waals surface area contributed by atoms with Crippen LogP contribution in [0.3, 0.4) is 0 Å². The maximum absolute atomic E-state index is 12.5. The number of nitrogen functional groups attached to an aromatic ring is 1. The molecule has 0 unspecified atom stereocenters. The Morgan fingerprint density at radius 1 is 1.10 bits per heavy atom. The normalized spacial score (nSPS) is 11.2. The lowest BCUT2D eigenvalue weighted by atomic mass is 9.83. The van der Waals surface area contributed by atoms with Crippen LogP contribution in [0.2, 0.25) is 5.02 Å². The van der Waals surface area contributed by atoms with Gasteiger partial charge in [-0.05, 0) is 43.7 Å². The number of rotatable bonds is 3. The Morgan fingerprint density at radius 3 is 2.30 bits per heavy atom. The maximum Gasteiger partial charge on any atom is 0.234 e. The number of halogens is 1. The van der Waals surface area contributed by atoms with E-state index in [4.69, 9.17) is 17.3 Å². The minimum atomic E-state index is -0.674. The first kappa shape index (κ1) is 14.4. The van der Waals surface area contributed by atoms with Crippen molar-refractivity contribution in [2.75, 3.05) is 11.1 Å². The Labute approximate surface area is 123 Å². The standard InChI is InChI=1S/C16H17ClN2O/c1-16(2,11-7-9-12(18)10-8-11)15(20)19-14-6-4-3-5-13(14)17/h3-10H,18H2,1-2H3,(H,19,20). The van der Waals surface area contributed by atoms with Crippen LogP contribution in [0.4, 0.5) is 11.4 Å². The lowest BCUT2D eigenvalue weighted by Crippen LogP contribution is -2.34. The average molecular weight is 289 g/mol. The molecule has 3 N–H and O–H groups in total. The van der Waals surface area contributed by atoms with Gasteiger partial charge >= 0.3 is 0 Å². The minimum absolute atomic E-state index is 0.115. The topological polar surface area (TPSA) is 55.1 Å². The quantitative estimate of drug-likeness (QED) is 0.843. The van der Waals surface area contributed by atoms with E-state index < -0.39 is 5.41 Å². The lowest BCUT2D eigenvalue weighted by Gasteiger charge is -2.24. The molecule has 0 aliphatic heterocycles. The van der Waals surface area contributed by atoms with E-state index in [9.17, 15) is 4.79 Å². The highest BCUT2D eigenvalue weighted by molar-refractivity contribution is 6.33. The van der Waals surface area contributed by atoms with Crippen molar-refractivity contribution in [3.63, 3.8) is 0 Å². The van der Waals surface area contributed by atoms with E-state index in [1.807, 2.05) is 38.1 Å². The fourth-order valence-electron chi connectivity index (χ4n) is 1.87. The zero-order valence-corrected chi connectivity index (χ0v) is 12.2. The molecule has 1 amide bonds. The molecule has 2 aromatic carbocycles. The van der Waals surface area contributed by atoms with Crippen LogP contribution in [0, 0.1) is 0 Å². The summed E-state index contributed by atoms with van der Waals surface area (Å²) in [5.41, 5.74) is 7.19. The summed E-state index contributed by atoms with van der Waals surface area (Å²) in [7, 11) is 0. The molecular formula is C16H17ClN2O. The van der Waals surface area contributed by atoms with Crippen molar-refractivity contribution in [2.45, 2.75) is 19.3 Å². The second-order valence-corrected chi connectivity index (χ2v) is 5.59. The molecule has 104 valence electrons. The van der Waals surface area contributed by atoms with Crippen molar-refractivity contribution in [3.8, 4) is 0 Å². The predicted molar refractivity (Wildman–Crippen MR) is 84.0 cm³/mol. The zero-order valence-electron chi connectivity index (χ0n) is 11.5. The maximum atomic E-state index is 12.5. The molecule has 0 aliphatic rings. The number of benzene rings is 2. The Hall–Kier alpha value is -2.00.